The summed E-state index contributed by atoms with van der Waals surface area (Å²) >= 11 is 0. The van der Waals surface area contributed by atoms with Crippen LogP contribution in [0.3, 0.4) is 0 Å². The predicted octanol–water partition coefficient (Wildman–Crippen LogP) is 3.19. The molecule has 1 unspecified atom stereocenters. The van der Waals surface area contributed by atoms with Crippen molar-refractivity contribution in [1.82, 2.24) is 34.5 Å². The minimum Gasteiger partial charge on any atom is -0.479 e. The monoisotopic (exact) mass is 489 g/mol. The largest absolute Gasteiger partial charge is 0.479 e. The van der Waals surface area contributed by atoms with E-state index in [1.165, 1.54) is 12.1 Å². The van der Waals surface area contributed by atoms with E-state index in [1.807, 2.05) is 23.9 Å². The van der Waals surface area contributed by atoms with E-state index in [9.17, 15) is 9.50 Å². The molecule has 1 atom stereocenters. The fraction of sp³-hybridized carbons (Fsp3) is 0.385. The number of fused-ring (bicyclic) bond motifs is 1. The van der Waals surface area contributed by atoms with Crippen LogP contribution in [0.1, 0.15) is 48.9 Å². The van der Waals surface area contributed by atoms with Crippen LogP contribution in [-0.4, -0.2) is 66.3 Å². The van der Waals surface area contributed by atoms with Crippen LogP contribution in [0.25, 0.3) is 16.8 Å². The van der Waals surface area contributed by atoms with E-state index >= 15 is 0 Å². The number of ether oxygens (including phenoxy) is 1. The van der Waals surface area contributed by atoms with Gasteiger partial charge in [0.25, 0.3) is 0 Å². The first kappa shape index (κ1) is 23.9. The van der Waals surface area contributed by atoms with Gasteiger partial charge in [-0.2, -0.15) is 5.10 Å². The van der Waals surface area contributed by atoms with Crippen LogP contribution in [-0.2, 0) is 0 Å². The SMILES string of the molecule is CC#Cc1cnn2cc(-c3nnn(C4CCN(C)CC4)c3C)cc(OC(CO)c3ccc(F)cn3)c12. The number of halogens is 1. The molecule has 5 heterocycles. The van der Waals surface area contributed by atoms with E-state index < -0.39 is 11.9 Å². The number of aliphatic hydroxyl groups is 1. The Labute approximate surface area is 208 Å². The van der Waals surface area contributed by atoms with Crippen molar-refractivity contribution in [3.05, 3.63) is 59.6 Å². The standard InChI is InChI=1S/C26H28FN7O2/c1-4-5-18-13-29-33-15-19(25-17(2)34(31-30-25)21-8-10-32(3)11-9-21)12-23(26(18)33)36-24(16-35)22-7-6-20(27)14-28-22/h6-7,12-15,21,24,35H,8-11,16H2,1-3H3. The van der Waals surface area contributed by atoms with Gasteiger partial charge in [0.05, 0.1) is 42.0 Å². The van der Waals surface area contributed by atoms with E-state index in [2.05, 4.69) is 44.2 Å². The lowest BCUT2D eigenvalue weighted by atomic mass is 10.0. The topological polar surface area (TPSA) is 93.6 Å². The molecule has 0 spiro atoms. The lowest BCUT2D eigenvalue weighted by Gasteiger charge is -2.29. The summed E-state index contributed by atoms with van der Waals surface area (Å²) in [4.78, 5) is 6.41. The zero-order valence-corrected chi connectivity index (χ0v) is 20.5. The van der Waals surface area contributed by atoms with E-state index in [4.69, 9.17) is 4.74 Å². The number of rotatable bonds is 6. The van der Waals surface area contributed by atoms with Gasteiger partial charge in [0.15, 0.2) is 6.10 Å². The Hall–Kier alpha value is -3.81. The highest BCUT2D eigenvalue weighted by atomic mass is 19.1. The van der Waals surface area contributed by atoms with Crippen LogP contribution in [0.15, 0.2) is 36.8 Å². The van der Waals surface area contributed by atoms with Gasteiger partial charge in [0.2, 0.25) is 0 Å². The fourth-order valence-electron chi connectivity index (χ4n) is 4.65. The predicted molar refractivity (Wildman–Crippen MR) is 132 cm³/mol. The molecular weight excluding hydrogens is 461 g/mol. The second kappa shape index (κ2) is 10.0. The van der Waals surface area contributed by atoms with Crippen molar-refractivity contribution in [1.29, 1.82) is 0 Å². The molecule has 0 aliphatic carbocycles. The molecular formula is C26H28FN7O2. The summed E-state index contributed by atoms with van der Waals surface area (Å²) in [6.07, 6.45) is 5.89. The number of aromatic nitrogens is 6. The van der Waals surface area contributed by atoms with Gasteiger partial charge in [0, 0.05) is 11.8 Å². The summed E-state index contributed by atoms with van der Waals surface area (Å²) < 4.78 is 23.4. The van der Waals surface area contributed by atoms with Gasteiger partial charge in [0.1, 0.15) is 22.8 Å². The highest BCUT2D eigenvalue weighted by molar-refractivity contribution is 5.75. The van der Waals surface area contributed by atoms with Gasteiger partial charge < -0.3 is 14.7 Å². The third-order valence-corrected chi connectivity index (χ3v) is 6.59. The van der Waals surface area contributed by atoms with Crippen molar-refractivity contribution in [2.75, 3.05) is 26.7 Å². The maximum atomic E-state index is 13.4. The molecule has 1 aliphatic heterocycles. The molecule has 4 aromatic heterocycles. The molecule has 9 nitrogen and oxygen atoms in total. The Morgan fingerprint density at radius 1 is 1.25 bits per heavy atom. The van der Waals surface area contributed by atoms with Gasteiger partial charge in [-0.3, -0.25) is 4.98 Å². The minimum atomic E-state index is -0.807. The zero-order chi connectivity index (χ0) is 25.2. The molecule has 186 valence electrons. The van der Waals surface area contributed by atoms with Crippen LogP contribution in [0.2, 0.25) is 0 Å². The summed E-state index contributed by atoms with van der Waals surface area (Å²) in [5, 5.41) is 23.5. The molecule has 0 aromatic carbocycles. The van der Waals surface area contributed by atoms with Crippen LogP contribution < -0.4 is 4.74 Å². The summed E-state index contributed by atoms with van der Waals surface area (Å²) in [6, 6.07) is 4.96. The van der Waals surface area contributed by atoms with Crippen molar-refractivity contribution < 1.29 is 14.2 Å². The molecule has 1 fully saturated rings. The summed E-state index contributed by atoms with van der Waals surface area (Å²) in [6.45, 7) is 5.48. The van der Waals surface area contributed by atoms with E-state index in [1.54, 1.807) is 17.6 Å². The van der Waals surface area contributed by atoms with Crippen LogP contribution in [0.5, 0.6) is 5.75 Å². The number of aliphatic hydroxyl groups excluding tert-OH is 1. The number of pyridine rings is 2. The van der Waals surface area contributed by atoms with Gasteiger partial charge in [-0.1, -0.05) is 11.1 Å². The second-order valence-electron chi connectivity index (χ2n) is 9.01. The normalized spacial score (nSPS) is 15.6. The first-order valence-electron chi connectivity index (χ1n) is 11.9. The molecule has 4 aromatic rings. The Bertz CT molecular complexity index is 1430. The molecule has 1 aliphatic rings. The molecule has 0 bridgehead atoms. The fourth-order valence-corrected chi connectivity index (χ4v) is 4.65. The van der Waals surface area contributed by atoms with E-state index in [0.29, 0.717) is 28.6 Å². The summed E-state index contributed by atoms with van der Waals surface area (Å²) in [5.74, 6) is 5.96. The van der Waals surface area contributed by atoms with Crippen molar-refractivity contribution in [2.24, 2.45) is 0 Å². The summed E-state index contributed by atoms with van der Waals surface area (Å²) in [7, 11) is 2.13. The molecule has 36 heavy (non-hydrogen) atoms. The number of hydrogen-bond donors (Lipinski definition) is 1. The van der Waals surface area contributed by atoms with Gasteiger partial charge >= 0.3 is 0 Å². The number of piperidine rings is 1. The number of likely N-dealkylation sites (tertiary alicyclic amines) is 1. The van der Waals surface area contributed by atoms with E-state index in [-0.39, 0.29) is 6.61 Å². The average Bonchev–Trinajstić information content (AvgIpc) is 3.47. The molecule has 5 rings (SSSR count). The van der Waals surface area contributed by atoms with Crippen molar-refractivity contribution in [2.45, 2.75) is 38.8 Å². The Balaban J connectivity index is 1.56. The Morgan fingerprint density at radius 3 is 2.75 bits per heavy atom. The average molecular weight is 490 g/mol. The minimum absolute atomic E-state index is 0.307. The van der Waals surface area contributed by atoms with Crippen LogP contribution >= 0.6 is 0 Å². The third kappa shape index (κ3) is 4.55. The maximum Gasteiger partial charge on any atom is 0.163 e. The van der Waals surface area contributed by atoms with Crippen molar-refractivity contribution in [3.63, 3.8) is 0 Å². The summed E-state index contributed by atoms with van der Waals surface area (Å²) in [5.41, 5.74) is 4.24. The molecule has 0 saturated carbocycles. The highest BCUT2D eigenvalue weighted by Crippen LogP contribution is 2.34. The quantitative estimate of drug-likeness (QED) is 0.416. The van der Waals surface area contributed by atoms with Gasteiger partial charge in [-0.05, 0) is 65.0 Å². The second-order valence-corrected chi connectivity index (χ2v) is 9.01. The lowest BCUT2D eigenvalue weighted by Crippen LogP contribution is -2.32. The van der Waals surface area contributed by atoms with E-state index in [0.717, 1.165) is 49.1 Å². The molecule has 0 amide bonds. The van der Waals surface area contributed by atoms with Crippen LogP contribution in [0.4, 0.5) is 4.39 Å². The molecule has 10 heteroatoms. The maximum absolute atomic E-state index is 13.4. The first-order chi connectivity index (χ1) is 17.5. The third-order valence-electron chi connectivity index (χ3n) is 6.59. The van der Waals surface area contributed by atoms with Crippen LogP contribution in [0, 0.1) is 24.6 Å². The Morgan fingerprint density at radius 2 is 2.06 bits per heavy atom. The molecule has 1 saturated heterocycles. The molecule has 1 N–H and O–H groups in total. The van der Waals surface area contributed by atoms with Crippen molar-refractivity contribution >= 4 is 5.52 Å². The number of nitrogens with zero attached hydrogens (tertiary/aromatic N) is 7. The highest BCUT2D eigenvalue weighted by Gasteiger charge is 2.24. The lowest BCUT2D eigenvalue weighted by molar-refractivity contribution is 0.114. The zero-order valence-electron chi connectivity index (χ0n) is 20.5. The van der Waals surface area contributed by atoms with Gasteiger partial charge in [-0.25, -0.2) is 13.6 Å². The van der Waals surface area contributed by atoms with Crippen molar-refractivity contribution in [3.8, 4) is 28.8 Å². The smallest absolute Gasteiger partial charge is 0.163 e. The number of hydrogen-bond acceptors (Lipinski definition) is 7. The van der Waals surface area contributed by atoms with Gasteiger partial charge in [-0.15, -0.1) is 11.0 Å². The first-order valence-corrected chi connectivity index (χ1v) is 11.9. The molecule has 0 radical (unpaired) electrons. The Kier molecular flexibility index (Phi) is 6.67.